The topological polar surface area (TPSA) is 23.6 Å². The third-order valence-electron chi connectivity index (χ3n) is 2.67. The lowest BCUT2D eigenvalue weighted by Crippen LogP contribution is -2.47. The van der Waals surface area contributed by atoms with Crippen LogP contribution in [-0.4, -0.2) is 54.2 Å². The minimum atomic E-state index is -0.190. The number of thiol groups is 1. The van der Waals surface area contributed by atoms with Gasteiger partial charge in [0.25, 0.3) is 0 Å². The molecule has 0 aliphatic carbocycles. The second-order valence-corrected chi connectivity index (χ2v) is 5.48. The van der Waals surface area contributed by atoms with Crippen LogP contribution in [0.2, 0.25) is 0 Å². The Bertz CT molecular complexity index is 219. The molecule has 16 heavy (non-hydrogen) atoms. The molecule has 0 aliphatic heterocycles. The maximum Gasteiger partial charge on any atom is 0.235 e. The van der Waals surface area contributed by atoms with E-state index in [0.717, 1.165) is 13.1 Å². The van der Waals surface area contributed by atoms with Crippen LogP contribution in [0, 0.1) is 5.92 Å². The van der Waals surface area contributed by atoms with E-state index in [0.29, 0.717) is 0 Å². The molecule has 0 aliphatic rings. The van der Waals surface area contributed by atoms with Gasteiger partial charge in [-0.1, -0.05) is 13.8 Å². The summed E-state index contributed by atoms with van der Waals surface area (Å²) < 4.78 is 0. The predicted molar refractivity (Wildman–Crippen MR) is 73.0 cm³/mol. The van der Waals surface area contributed by atoms with Crippen LogP contribution in [-0.2, 0) is 4.79 Å². The van der Waals surface area contributed by atoms with Gasteiger partial charge in [0.1, 0.15) is 0 Å². The van der Waals surface area contributed by atoms with Crippen LogP contribution < -0.4 is 0 Å². The molecule has 0 aromatic heterocycles. The first-order valence-corrected chi connectivity index (χ1v) is 6.46. The molecule has 0 saturated carbocycles. The Morgan fingerprint density at radius 2 is 1.75 bits per heavy atom. The molecule has 0 aromatic rings. The fourth-order valence-corrected chi connectivity index (χ4v) is 1.92. The molecule has 0 N–H and O–H groups in total. The summed E-state index contributed by atoms with van der Waals surface area (Å²) in [7, 11) is 4.05. The van der Waals surface area contributed by atoms with Crippen LogP contribution in [0.15, 0.2) is 0 Å². The summed E-state index contributed by atoms with van der Waals surface area (Å²) in [5.74, 6) is 0.423. The summed E-state index contributed by atoms with van der Waals surface area (Å²) in [6, 6.07) is 0.237. The van der Waals surface area contributed by atoms with E-state index in [4.69, 9.17) is 0 Å². The van der Waals surface area contributed by atoms with Crippen molar-refractivity contribution in [3.8, 4) is 0 Å². The van der Waals surface area contributed by atoms with Gasteiger partial charge in [-0.05, 0) is 33.9 Å². The molecule has 0 spiro atoms. The van der Waals surface area contributed by atoms with Crippen LogP contribution in [0.3, 0.4) is 0 Å². The average molecular weight is 246 g/mol. The quantitative estimate of drug-likeness (QED) is 0.722. The van der Waals surface area contributed by atoms with Gasteiger partial charge >= 0.3 is 0 Å². The van der Waals surface area contributed by atoms with Crippen molar-refractivity contribution in [3.63, 3.8) is 0 Å². The van der Waals surface area contributed by atoms with Gasteiger partial charge in [0.15, 0.2) is 0 Å². The molecule has 0 bridgehead atoms. The van der Waals surface area contributed by atoms with Gasteiger partial charge in [-0.3, -0.25) is 4.79 Å². The van der Waals surface area contributed by atoms with Gasteiger partial charge in [-0.25, -0.2) is 0 Å². The lowest BCUT2D eigenvalue weighted by atomic mass is 10.1. The molecular formula is C12H26N2OS. The molecule has 0 aromatic carbocycles. The lowest BCUT2D eigenvalue weighted by Gasteiger charge is -2.32. The van der Waals surface area contributed by atoms with E-state index < -0.39 is 0 Å². The average Bonchev–Trinajstić information content (AvgIpc) is 2.16. The van der Waals surface area contributed by atoms with Gasteiger partial charge in [-0.15, -0.1) is 0 Å². The Morgan fingerprint density at radius 1 is 1.25 bits per heavy atom. The molecule has 1 amide bonds. The monoisotopic (exact) mass is 246 g/mol. The highest BCUT2D eigenvalue weighted by molar-refractivity contribution is 7.81. The largest absolute Gasteiger partial charge is 0.338 e. The molecule has 2 atom stereocenters. The van der Waals surface area contributed by atoms with Gasteiger partial charge in [0.05, 0.1) is 5.25 Å². The molecule has 0 fully saturated rings. The Balaban J connectivity index is 4.53. The van der Waals surface area contributed by atoms with Crippen LogP contribution in [0.1, 0.15) is 27.7 Å². The first-order chi connectivity index (χ1) is 7.31. The van der Waals surface area contributed by atoms with Crippen molar-refractivity contribution in [2.24, 2.45) is 5.92 Å². The van der Waals surface area contributed by atoms with E-state index in [2.05, 4.69) is 24.5 Å². The number of nitrogens with zero attached hydrogens (tertiary/aromatic N) is 2. The lowest BCUT2D eigenvalue weighted by molar-refractivity contribution is -0.133. The van der Waals surface area contributed by atoms with Crippen molar-refractivity contribution in [3.05, 3.63) is 0 Å². The summed E-state index contributed by atoms with van der Waals surface area (Å²) >= 11 is 4.39. The number of carbonyl (C=O) groups is 1. The summed E-state index contributed by atoms with van der Waals surface area (Å²) in [5, 5.41) is -0.190. The standard InChI is InChI=1S/C12H26N2OS/c1-7-14(10(4)8-13(5)6)12(15)11(16)9(2)3/h9-11,16H,7-8H2,1-6H3. The van der Waals surface area contributed by atoms with E-state index >= 15 is 0 Å². The highest BCUT2D eigenvalue weighted by Crippen LogP contribution is 2.14. The van der Waals surface area contributed by atoms with E-state index in [-0.39, 0.29) is 23.1 Å². The van der Waals surface area contributed by atoms with Crippen LogP contribution in [0.25, 0.3) is 0 Å². The van der Waals surface area contributed by atoms with Gasteiger partial charge < -0.3 is 9.80 Å². The Labute approximate surface area is 106 Å². The molecule has 4 heteroatoms. The third kappa shape index (κ3) is 4.74. The fourth-order valence-electron chi connectivity index (χ4n) is 1.77. The first-order valence-electron chi connectivity index (χ1n) is 5.94. The van der Waals surface area contributed by atoms with Crippen molar-refractivity contribution in [1.29, 1.82) is 0 Å². The Hall–Kier alpha value is -0.220. The highest BCUT2D eigenvalue weighted by Gasteiger charge is 2.26. The molecule has 2 unspecified atom stereocenters. The van der Waals surface area contributed by atoms with E-state index in [1.54, 1.807) is 0 Å². The second kappa shape index (κ2) is 7.17. The minimum absolute atomic E-state index is 0.148. The fraction of sp³-hybridized carbons (Fsp3) is 0.917. The summed E-state index contributed by atoms with van der Waals surface area (Å²) in [6.45, 7) is 9.79. The molecule has 3 nitrogen and oxygen atoms in total. The first kappa shape index (κ1) is 15.8. The van der Waals surface area contributed by atoms with Crippen molar-refractivity contribution in [1.82, 2.24) is 9.80 Å². The molecule has 0 heterocycles. The van der Waals surface area contributed by atoms with Crippen LogP contribution in [0.5, 0.6) is 0 Å². The molecular weight excluding hydrogens is 220 g/mol. The van der Waals surface area contributed by atoms with Crippen molar-refractivity contribution < 1.29 is 4.79 Å². The Kier molecular flexibility index (Phi) is 7.07. The summed E-state index contributed by atoms with van der Waals surface area (Å²) in [5.41, 5.74) is 0. The number of likely N-dealkylation sites (N-methyl/N-ethyl adjacent to an activating group) is 2. The number of hydrogen-bond donors (Lipinski definition) is 1. The Morgan fingerprint density at radius 3 is 2.06 bits per heavy atom. The maximum atomic E-state index is 12.2. The third-order valence-corrected chi connectivity index (χ3v) is 3.49. The minimum Gasteiger partial charge on any atom is -0.338 e. The van der Waals surface area contributed by atoms with Crippen molar-refractivity contribution in [2.45, 2.75) is 39.0 Å². The van der Waals surface area contributed by atoms with Crippen LogP contribution >= 0.6 is 12.6 Å². The predicted octanol–water partition coefficient (Wildman–Crippen LogP) is 1.74. The zero-order valence-corrected chi connectivity index (χ0v) is 12.3. The maximum absolute atomic E-state index is 12.2. The van der Waals surface area contributed by atoms with Gasteiger partial charge in [0, 0.05) is 19.1 Å². The number of rotatable bonds is 6. The molecule has 0 rings (SSSR count). The second-order valence-electron chi connectivity index (χ2n) is 4.92. The summed E-state index contributed by atoms with van der Waals surface area (Å²) in [4.78, 5) is 16.2. The van der Waals surface area contributed by atoms with E-state index in [9.17, 15) is 4.79 Å². The van der Waals surface area contributed by atoms with Crippen molar-refractivity contribution in [2.75, 3.05) is 27.2 Å². The van der Waals surface area contributed by atoms with Gasteiger partial charge in [0.2, 0.25) is 5.91 Å². The highest BCUT2D eigenvalue weighted by atomic mass is 32.1. The zero-order valence-electron chi connectivity index (χ0n) is 11.4. The van der Waals surface area contributed by atoms with Gasteiger partial charge in [-0.2, -0.15) is 12.6 Å². The SMILES string of the molecule is CCN(C(=O)C(S)C(C)C)C(C)CN(C)C. The van der Waals surface area contributed by atoms with E-state index in [1.807, 2.05) is 39.8 Å². The van der Waals surface area contributed by atoms with E-state index in [1.165, 1.54) is 0 Å². The number of hydrogen-bond acceptors (Lipinski definition) is 3. The molecule has 96 valence electrons. The number of amides is 1. The number of carbonyl (C=O) groups excluding carboxylic acids is 1. The molecule has 0 saturated heterocycles. The zero-order chi connectivity index (χ0) is 12.9. The van der Waals surface area contributed by atoms with Crippen molar-refractivity contribution >= 4 is 18.5 Å². The normalized spacial score (nSPS) is 15.3. The summed E-state index contributed by atoms with van der Waals surface area (Å²) in [6.07, 6.45) is 0. The smallest absolute Gasteiger partial charge is 0.235 e. The van der Waals surface area contributed by atoms with Crippen LogP contribution in [0.4, 0.5) is 0 Å². The molecule has 0 radical (unpaired) electrons.